The second-order valence-electron chi connectivity index (χ2n) is 9.01. The number of nitrogens with zero attached hydrogens (tertiary/aromatic N) is 4. The van der Waals surface area contributed by atoms with Gasteiger partial charge < -0.3 is 19.9 Å². The van der Waals surface area contributed by atoms with Crippen LogP contribution in [0.4, 0.5) is 0 Å². The maximum atomic E-state index is 5.99. The molecular formula is C24H41N5O. The van der Waals surface area contributed by atoms with Crippen LogP contribution in [0.5, 0.6) is 5.75 Å². The summed E-state index contributed by atoms with van der Waals surface area (Å²) < 4.78 is 5.99. The first-order valence-electron chi connectivity index (χ1n) is 11.6. The molecule has 30 heavy (non-hydrogen) atoms. The molecule has 3 rings (SSSR count). The van der Waals surface area contributed by atoms with Crippen molar-refractivity contribution in [3.63, 3.8) is 0 Å². The van der Waals surface area contributed by atoms with Gasteiger partial charge in [-0.15, -0.1) is 0 Å². The molecule has 0 amide bonds. The van der Waals surface area contributed by atoms with Crippen molar-refractivity contribution in [1.82, 2.24) is 20.0 Å². The number of guanidine groups is 1. The molecule has 2 heterocycles. The van der Waals surface area contributed by atoms with Gasteiger partial charge in [0, 0.05) is 26.2 Å². The summed E-state index contributed by atoms with van der Waals surface area (Å²) in [4.78, 5) is 12.0. The fourth-order valence-electron chi connectivity index (χ4n) is 4.75. The van der Waals surface area contributed by atoms with E-state index in [1.54, 1.807) is 0 Å². The molecule has 0 spiro atoms. The number of aliphatic imine (C=N–C) groups is 1. The lowest BCUT2D eigenvalue weighted by atomic mass is 9.84. The van der Waals surface area contributed by atoms with Crippen LogP contribution in [0.25, 0.3) is 0 Å². The van der Waals surface area contributed by atoms with E-state index in [0.717, 1.165) is 24.8 Å². The molecule has 6 nitrogen and oxygen atoms in total. The Bertz CT molecular complexity index is 678. The average molecular weight is 416 g/mol. The van der Waals surface area contributed by atoms with Crippen LogP contribution >= 0.6 is 0 Å². The molecule has 0 atom stereocenters. The van der Waals surface area contributed by atoms with E-state index in [0.29, 0.717) is 6.61 Å². The van der Waals surface area contributed by atoms with E-state index < -0.39 is 0 Å². The van der Waals surface area contributed by atoms with Gasteiger partial charge >= 0.3 is 0 Å². The first kappa shape index (κ1) is 22.9. The fraction of sp³-hybridized carbons (Fsp3) is 0.708. The number of hydrogen-bond donors (Lipinski definition) is 1. The van der Waals surface area contributed by atoms with Crippen LogP contribution in [0.1, 0.15) is 37.7 Å². The Labute approximate surface area is 183 Å². The maximum Gasteiger partial charge on any atom is 0.193 e. The minimum absolute atomic E-state index is 0.251. The van der Waals surface area contributed by atoms with Crippen molar-refractivity contribution in [3.05, 3.63) is 29.8 Å². The lowest BCUT2D eigenvalue weighted by molar-refractivity contribution is 0.0170. The molecule has 0 aromatic heterocycles. The Morgan fingerprint density at radius 2 is 1.83 bits per heavy atom. The summed E-state index contributed by atoms with van der Waals surface area (Å²) in [7, 11) is 6.22. The summed E-state index contributed by atoms with van der Waals surface area (Å²) in [6.07, 6.45) is 6.51. The third kappa shape index (κ3) is 5.88. The number of hydrogen-bond acceptors (Lipinski definition) is 4. The molecule has 0 bridgehead atoms. The van der Waals surface area contributed by atoms with Crippen LogP contribution in [0.3, 0.4) is 0 Å². The van der Waals surface area contributed by atoms with E-state index in [-0.39, 0.29) is 5.54 Å². The number of benzene rings is 1. The highest BCUT2D eigenvalue weighted by Gasteiger charge is 2.39. The third-order valence-electron chi connectivity index (χ3n) is 6.87. The molecule has 1 N–H and O–H groups in total. The first-order chi connectivity index (χ1) is 14.5. The van der Waals surface area contributed by atoms with E-state index in [1.165, 1.54) is 63.8 Å². The van der Waals surface area contributed by atoms with Gasteiger partial charge in [0.25, 0.3) is 0 Å². The number of ether oxygens (including phenoxy) is 1. The maximum absolute atomic E-state index is 5.99. The van der Waals surface area contributed by atoms with Gasteiger partial charge in [-0.3, -0.25) is 9.89 Å². The van der Waals surface area contributed by atoms with Gasteiger partial charge in [-0.05, 0) is 77.5 Å². The number of para-hydroxylation sites is 1. The zero-order valence-corrected chi connectivity index (χ0v) is 19.5. The monoisotopic (exact) mass is 415 g/mol. The Hall–Kier alpha value is -1.79. The van der Waals surface area contributed by atoms with E-state index in [1.807, 2.05) is 25.2 Å². The highest BCUT2D eigenvalue weighted by molar-refractivity contribution is 5.79. The average Bonchev–Trinajstić information content (AvgIpc) is 2.77. The topological polar surface area (TPSA) is 43.3 Å². The van der Waals surface area contributed by atoms with Crippen molar-refractivity contribution in [3.8, 4) is 5.75 Å². The number of rotatable bonds is 7. The molecule has 0 radical (unpaired) electrons. The molecular weight excluding hydrogens is 374 g/mol. The van der Waals surface area contributed by atoms with Crippen molar-refractivity contribution >= 4 is 5.96 Å². The van der Waals surface area contributed by atoms with Gasteiger partial charge in [-0.2, -0.15) is 0 Å². The lowest BCUT2D eigenvalue weighted by Gasteiger charge is -2.50. The smallest absolute Gasteiger partial charge is 0.193 e. The van der Waals surface area contributed by atoms with Gasteiger partial charge in [0.1, 0.15) is 12.4 Å². The Morgan fingerprint density at radius 3 is 2.50 bits per heavy atom. The Balaban J connectivity index is 1.54. The summed E-state index contributed by atoms with van der Waals surface area (Å²) in [6, 6.07) is 8.18. The predicted molar refractivity (Wildman–Crippen MR) is 126 cm³/mol. The number of likely N-dealkylation sites (tertiary alicyclic amines) is 2. The molecule has 0 saturated carbocycles. The predicted octanol–water partition coefficient (Wildman–Crippen LogP) is 2.83. The Morgan fingerprint density at radius 1 is 1.13 bits per heavy atom. The summed E-state index contributed by atoms with van der Waals surface area (Å²) in [6.45, 7) is 9.33. The van der Waals surface area contributed by atoms with Crippen molar-refractivity contribution in [2.45, 2.75) is 44.6 Å². The molecule has 2 aliphatic heterocycles. The van der Waals surface area contributed by atoms with E-state index in [2.05, 4.69) is 52.1 Å². The second kappa shape index (κ2) is 11.0. The number of piperidine rings is 2. The van der Waals surface area contributed by atoms with Gasteiger partial charge in [-0.1, -0.05) is 24.6 Å². The molecule has 2 saturated heterocycles. The van der Waals surface area contributed by atoms with Crippen LogP contribution in [0.15, 0.2) is 29.3 Å². The molecule has 1 aromatic rings. The van der Waals surface area contributed by atoms with Crippen LogP contribution in [0, 0.1) is 6.92 Å². The summed E-state index contributed by atoms with van der Waals surface area (Å²) in [5.74, 6) is 1.92. The first-order valence-corrected chi connectivity index (χ1v) is 11.6. The van der Waals surface area contributed by atoms with Gasteiger partial charge in [0.05, 0.1) is 6.54 Å². The third-order valence-corrected chi connectivity index (χ3v) is 6.87. The summed E-state index contributed by atoms with van der Waals surface area (Å²) in [5, 5.41) is 3.71. The van der Waals surface area contributed by atoms with Gasteiger partial charge in [-0.25, -0.2) is 0 Å². The van der Waals surface area contributed by atoms with E-state index >= 15 is 0 Å². The highest BCUT2D eigenvalue weighted by Crippen LogP contribution is 2.31. The van der Waals surface area contributed by atoms with Gasteiger partial charge in [0.15, 0.2) is 5.96 Å². The lowest BCUT2D eigenvalue weighted by Crippen LogP contribution is -2.62. The molecule has 1 aromatic carbocycles. The SMILES string of the molecule is CN=C(NCC1(N2CCCCC2)CCN(C)CC1)N(C)CCOc1ccccc1C. The number of likely N-dealkylation sites (N-methyl/N-ethyl adjacent to an activating group) is 1. The number of aryl methyl sites for hydroxylation is 1. The molecule has 0 aliphatic carbocycles. The van der Waals surface area contributed by atoms with Crippen molar-refractivity contribution < 1.29 is 4.74 Å². The molecule has 0 unspecified atom stereocenters. The minimum Gasteiger partial charge on any atom is -0.491 e. The van der Waals surface area contributed by atoms with Crippen molar-refractivity contribution in [1.29, 1.82) is 0 Å². The molecule has 2 aliphatic rings. The molecule has 2 fully saturated rings. The normalized spacial score (nSPS) is 20.7. The quantitative estimate of drug-likeness (QED) is 0.548. The van der Waals surface area contributed by atoms with Gasteiger partial charge in [0.2, 0.25) is 0 Å². The fourth-order valence-corrected chi connectivity index (χ4v) is 4.75. The van der Waals surface area contributed by atoms with E-state index in [4.69, 9.17) is 4.74 Å². The summed E-state index contributed by atoms with van der Waals surface area (Å²) >= 11 is 0. The zero-order valence-electron chi connectivity index (χ0n) is 19.5. The van der Waals surface area contributed by atoms with Crippen LogP contribution < -0.4 is 10.1 Å². The van der Waals surface area contributed by atoms with E-state index in [9.17, 15) is 0 Å². The largest absolute Gasteiger partial charge is 0.491 e. The molecule has 6 heteroatoms. The summed E-state index contributed by atoms with van der Waals surface area (Å²) in [5.41, 5.74) is 1.43. The standard InChI is InChI=1S/C24H41N5O/c1-21-10-6-7-11-22(21)30-19-18-28(4)23(25-2)26-20-24(12-16-27(3)17-13-24)29-14-8-5-9-15-29/h6-7,10-11H,5,8-9,12-20H2,1-4H3,(H,25,26). The van der Waals surface area contributed by atoms with Crippen molar-refractivity contribution in [2.24, 2.45) is 4.99 Å². The number of nitrogens with one attached hydrogen (secondary N) is 1. The van der Waals surface area contributed by atoms with Crippen LogP contribution in [0.2, 0.25) is 0 Å². The highest BCUT2D eigenvalue weighted by atomic mass is 16.5. The zero-order chi connectivity index (χ0) is 21.4. The molecule has 168 valence electrons. The van der Waals surface area contributed by atoms with Crippen LogP contribution in [-0.2, 0) is 0 Å². The van der Waals surface area contributed by atoms with Crippen LogP contribution in [-0.4, -0.2) is 93.2 Å². The second-order valence-corrected chi connectivity index (χ2v) is 9.01. The minimum atomic E-state index is 0.251. The Kier molecular flexibility index (Phi) is 8.40. The van der Waals surface area contributed by atoms with Crippen molar-refractivity contribution in [2.75, 3.05) is 67.0 Å².